The minimum atomic E-state index is -4.04. The summed E-state index contributed by atoms with van der Waals surface area (Å²) in [7, 11) is -4.04. The van der Waals surface area contributed by atoms with Gasteiger partial charge in [0.1, 0.15) is 12.6 Å². The number of rotatable bonds is 11. The van der Waals surface area contributed by atoms with Crippen LogP contribution in [0.2, 0.25) is 0 Å². The summed E-state index contributed by atoms with van der Waals surface area (Å²) in [6, 6.07) is 23.5. The van der Waals surface area contributed by atoms with E-state index >= 15 is 0 Å². The lowest BCUT2D eigenvalue weighted by molar-refractivity contribution is -0.140. The minimum absolute atomic E-state index is 0.0857. The number of amides is 2. The summed E-state index contributed by atoms with van der Waals surface area (Å²) in [4.78, 5) is 28.3. The van der Waals surface area contributed by atoms with E-state index in [1.165, 1.54) is 17.0 Å². The predicted molar refractivity (Wildman–Crippen MR) is 142 cm³/mol. The molecule has 1 atom stereocenters. The second-order valence-electron chi connectivity index (χ2n) is 8.49. The van der Waals surface area contributed by atoms with Gasteiger partial charge >= 0.3 is 0 Å². The monoisotopic (exact) mass is 507 g/mol. The van der Waals surface area contributed by atoms with Gasteiger partial charge in [-0.3, -0.25) is 13.9 Å². The average molecular weight is 508 g/mol. The van der Waals surface area contributed by atoms with Gasteiger partial charge < -0.3 is 10.2 Å². The molecule has 0 aliphatic rings. The number of hydrogen-bond donors (Lipinski definition) is 1. The Morgan fingerprint density at radius 1 is 0.861 bits per heavy atom. The number of anilines is 1. The maximum absolute atomic E-state index is 13.8. The highest BCUT2D eigenvalue weighted by molar-refractivity contribution is 7.92. The molecule has 0 radical (unpaired) electrons. The van der Waals surface area contributed by atoms with Crippen LogP contribution in [0.3, 0.4) is 0 Å². The van der Waals surface area contributed by atoms with Crippen molar-refractivity contribution in [3.63, 3.8) is 0 Å². The lowest BCUT2D eigenvalue weighted by atomic mass is 10.1. The molecule has 3 aromatic rings. The van der Waals surface area contributed by atoms with E-state index in [2.05, 4.69) is 5.32 Å². The smallest absolute Gasteiger partial charge is 0.264 e. The fourth-order valence-electron chi connectivity index (χ4n) is 3.94. The zero-order chi connectivity index (χ0) is 26.1. The van der Waals surface area contributed by atoms with Gasteiger partial charge in [0.15, 0.2) is 0 Å². The Morgan fingerprint density at radius 3 is 2.00 bits per heavy atom. The summed E-state index contributed by atoms with van der Waals surface area (Å²) in [5.74, 6) is -0.727. The van der Waals surface area contributed by atoms with Crippen LogP contribution in [-0.4, -0.2) is 44.3 Å². The van der Waals surface area contributed by atoms with Gasteiger partial charge in [0.2, 0.25) is 11.8 Å². The molecule has 0 spiro atoms. The van der Waals surface area contributed by atoms with Crippen LogP contribution >= 0.6 is 0 Å². The Kier molecular flexibility index (Phi) is 9.25. The van der Waals surface area contributed by atoms with E-state index < -0.39 is 28.5 Å². The average Bonchev–Trinajstić information content (AvgIpc) is 2.89. The molecule has 0 aliphatic heterocycles. The van der Waals surface area contributed by atoms with Crippen molar-refractivity contribution in [1.29, 1.82) is 0 Å². The van der Waals surface area contributed by atoms with Gasteiger partial charge in [0, 0.05) is 13.1 Å². The number of carbonyl (C=O) groups excluding carboxylic acids is 2. The van der Waals surface area contributed by atoms with E-state index in [1.807, 2.05) is 45.0 Å². The van der Waals surface area contributed by atoms with Crippen molar-refractivity contribution in [1.82, 2.24) is 10.2 Å². The van der Waals surface area contributed by atoms with Crippen molar-refractivity contribution in [2.75, 3.05) is 17.4 Å². The number of nitrogens with zero attached hydrogens (tertiary/aromatic N) is 2. The number of hydrogen-bond acceptors (Lipinski definition) is 4. The van der Waals surface area contributed by atoms with Crippen LogP contribution in [0, 0.1) is 6.92 Å². The Hall–Kier alpha value is -3.65. The van der Waals surface area contributed by atoms with Gasteiger partial charge in [-0.15, -0.1) is 0 Å². The Labute approximate surface area is 213 Å². The summed E-state index contributed by atoms with van der Waals surface area (Å²) in [6.45, 7) is 5.81. The van der Waals surface area contributed by atoms with Gasteiger partial charge in [0.25, 0.3) is 10.0 Å². The quantitative estimate of drug-likeness (QED) is 0.423. The minimum Gasteiger partial charge on any atom is -0.355 e. The molecule has 8 heteroatoms. The zero-order valence-corrected chi connectivity index (χ0v) is 21.7. The van der Waals surface area contributed by atoms with Gasteiger partial charge in [-0.2, -0.15) is 0 Å². The van der Waals surface area contributed by atoms with E-state index in [1.54, 1.807) is 48.5 Å². The van der Waals surface area contributed by atoms with Crippen LogP contribution in [0.4, 0.5) is 5.69 Å². The molecule has 190 valence electrons. The van der Waals surface area contributed by atoms with Crippen molar-refractivity contribution >= 4 is 27.5 Å². The molecule has 3 aromatic carbocycles. The first-order valence-corrected chi connectivity index (χ1v) is 13.5. The lowest BCUT2D eigenvalue weighted by Gasteiger charge is -2.33. The van der Waals surface area contributed by atoms with Crippen molar-refractivity contribution < 1.29 is 18.0 Å². The molecule has 0 heterocycles. The van der Waals surface area contributed by atoms with E-state index in [0.717, 1.165) is 15.4 Å². The molecule has 0 aromatic heterocycles. The fourth-order valence-corrected chi connectivity index (χ4v) is 5.38. The summed E-state index contributed by atoms with van der Waals surface area (Å²) >= 11 is 0. The molecule has 0 bridgehead atoms. The molecular formula is C28H33N3O4S. The molecular weight excluding hydrogens is 474 g/mol. The molecule has 3 rings (SSSR count). The molecule has 0 aliphatic carbocycles. The van der Waals surface area contributed by atoms with E-state index in [4.69, 9.17) is 0 Å². The first-order chi connectivity index (χ1) is 17.3. The molecule has 7 nitrogen and oxygen atoms in total. The largest absolute Gasteiger partial charge is 0.355 e. The third-order valence-electron chi connectivity index (χ3n) is 5.86. The maximum Gasteiger partial charge on any atom is 0.264 e. The number of carbonyl (C=O) groups is 2. The third-order valence-corrected chi connectivity index (χ3v) is 7.65. The number of likely N-dealkylation sites (N-methyl/N-ethyl adjacent to an activating group) is 1. The predicted octanol–water partition coefficient (Wildman–Crippen LogP) is 4.13. The third kappa shape index (κ3) is 6.51. The van der Waals surface area contributed by atoms with Crippen LogP contribution < -0.4 is 9.62 Å². The highest BCUT2D eigenvalue weighted by Gasteiger charge is 2.33. The second-order valence-corrected chi connectivity index (χ2v) is 10.3. The first-order valence-electron chi connectivity index (χ1n) is 12.0. The number of sulfonamides is 1. The van der Waals surface area contributed by atoms with E-state index in [0.29, 0.717) is 18.7 Å². The number of aryl methyl sites for hydroxylation is 1. The van der Waals surface area contributed by atoms with E-state index in [-0.39, 0.29) is 17.3 Å². The number of benzene rings is 3. The highest BCUT2D eigenvalue weighted by Crippen LogP contribution is 2.24. The van der Waals surface area contributed by atoms with Crippen molar-refractivity contribution in [2.24, 2.45) is 0 Å². The standard InChI is InChI=1S/C28H33N3O4S/c1-4-26(28(33)29-5-2)30(20-23-18-16-22(3)17-19-23)27(32)21-31(24-12-8-6-9-13-24)36(34,35)25-14-10-7-11-15-25/h6-19,26H,4-5,20-21H2,1-3H3,(H,29,33)/t26-/m1/s1. The van der Waals surface area contributed by atoms with Gasteiger partial charge in [-0.25, -0.2) is 8.42 Å². The maximum atomic E-state index is 13.8. The highest BCUT2D eigenvalue weighted by atomic mass is 32.2. The van der Waals surface area contributed by atoms with Gasteiger partial charge in [-0.05, 0) is 50.1 Å². The summed E-state index contributed by atoms with van der Waals surface area (Å²) in [5, 5.41) is 2.80. The summed E-state index contributed by atoms with van der Waals surface area (Å²) in [5.41, 5.74) is 2.31. The van der Waals surface area contributed by atoms with E-state index in [9.17, 15) is 18.0 Å². The number of para-hydroxylation sites is 1. The summed E-state index contributed by atoms with van der Waals surface area (Å²) in [6.07, 6.45) is 0.389. The van der Waals surface area contributed by atoms with Crippen LogP contribution in [0.15, 0.2) is 89.8 Å². The molecule has 2 amide bonds. The first kappa shape index (κ1) is 26.9. The topological polar surface area (TPSA) is 86.8 Å². The molecule has 0 unspecified atom stereocenters. The second kappa shape index (κ2) is 12.4. The van der Waals surface area contributed by atoms with Gasteiger partial charge in [-0.1, -0.05) is 73.2 Å². The zero-order valence-electron chi connectivity index (χ0n) is 20.9. The molecule has 1 N–H and O–H groups in total. The van der Waals surface area contributed by atoms with Crippen LogP contribution in [0.5, 0.6) is 0 Å². The number of nitrogens with one attached hydrogen (secondary N) is 1. The Balaban J connectivity index is 2.01. The Bertz CT molecular complexity index is 1250. The molecule has 36 heavy (non-hydrogen) atoms. The van der Waals surface area contributed by atoms with Crippen molar-refractivity contribution in [2.45, 2.75) is 44.7 Å². The van der Waals surface area contributed by atoms with Crippen LogP contribution in [0.1, 0.15) is 31.4 Å². The SMILES string of the molecule is CCNC(=O)[C@@H](CC)N(Cc1ccc(C)cc1)C(=O)CN(c1ccccc1)S(=O)(=O)c1ccccc1. The van der Waals surface area contributed by atoms with Crippen molar-refractivity contribution in [3.8, 4) is 0 Å². The van der Waals surface area contributed by atoms with Crippen LogP contribution in [0.25, 0.3) is 0 Å². The lowest BCUT2D eigenvalue weighted by Crippen LogP contribution is -2.52. The molecule has 0 fully saturated rings. The summed E-state index contributed by atoms with van der Waals surface area (Å²) < 4.78 is 28.4. The van der Waals surface area contributed by atoms with Gasteiger partial charge in [0.05, 0.1) is 10.6 Å². The molecule has 0 saturated heterocycles. The normalized spacial score (nSPS) is 12.0. The van der Waals surface area contributed by atoms with Crippen molar-refractivity contribution in [3.05, 3.63) is 96.1 Å². The van der Waals surface area contributed by atoms with Crippen LogP contribution in [-0.2, 0) is 26.2 Å². The fraction of sp³-hybridized carbons (Fsp3) is 0.286. The molecule has 0 saturated carbocycles. The Morgan fingerprint density at radius 2 is 1.44 bits per heavy atom.